The zero-order valence-corrected chi connectivity index (χ0v) is 34.2. The molecule has 0 amide bonds. The molecule has 0 bridgehead atoms. The van der Waals surface area contributed by atoms with Gasteiger partial charge in [0.2, 0.25) is 0 Å². The molecule has 286 valence electrons. The fourth-order valence-electron chi connectivity index (χ4n) is 11.6. The van der Waals surface area contributed by atoms with Crippen LogP contribution in [0, 0.1) is 0 Å². The highest BCUT2D eigenvalue weighted by molar-refractivity contribution is 6.10. The maximum atomic E-state index is 2.50. The zero-order valence-electron chi connectivity index (χ0n) is 34.2. The van der Waals surface area contributed by atoms with E-state index >= 15 is 0 Å². The number of nitrogens with zero attached hydrogens (tertiary/aromatic N) is 1. The van der Waals surface area contributed by atoms with Gasteiger partial charge in [0.1, 0.15) is 0 Å². The summed E-state index contributed by atoms with van der Waals surface area (Å²) in [6.45, 7) is 4.80. The fourth-order valence-corrected chi connectivity index (χ4v) is 11.6. The highest BCUT2D eigenvalue weighted by Crippen LogP contribution is 2.63. The fraction of sp³-hybridized carbons (Fsp3) is 0.0667. The summed E-state index contributed by atoms with van der Waals surface area (Å²) >= 11 is 0. The predicted octanol–water partition coefficient (Wildman–Crippen LogP) is 15.8. The van der Waals surface area contributed by atoms with E-state index in [1.165, 1.54) is 99.4 Å². The van der Waals surface area contributed by atoms with Crippen LogP contribution < -0.4 is 4.90 Å². The van der Waals surface area contributed by atoms with Crippen molar-refractivity contribution in [1.82, 2.24) is 0 Å². The summed E-state index contributed by atoms with van der Waals surface area (Å²) in [5.41, 5.74) is 21.3. The normalized spacial score (nSPS) is 14.3. The van der Waals surface area contributed by atoms with Crippen molar-refractivity contribution in [1.29, 1.82) is 0 Å². The van der Waals surface area contributed by atoms with Gasteiger partial charge in [0, 0.05) is 22.5 Å². The van der Waals surface area contributed by atoms with Gasteiger partial charge < -0.3 is 4.90 Å². The minimum Gasteiger partial charge on any atom is -0.310 e. The molecule has 0 saturated heterocycles. The minimum atomic E-state index is -0.425. The van der Waals surface area contributed by atoms with E-state index in [1.807, 2.05) is 0 Å². The Bertz CT molecular complexity index is 3400. The first-order chi connectivity index (χ1) is 30.0. The molecule has 1 nitrogen and oxygen atoms in total. The molecule has 1 heteroatoms. The molecule has 0 unspecified atom stereocenters. The molecule has 0 saturated carbocycles. The molecule has 61 heavy (non-hydrogen) atoms. The van der Waals surface area contributed by atoms with E-state index < -0.39 is 5.41 Å². The zero-order chi connectivity index (χ0) is 40.5. The van der Waals surface area contributed by atoms with Crippen LogP contribution in [-0.2, 0) is 10.8 Å². The van der Waals surface area contributed by atoms with Gasteiger partial charge in [-0.25, -0.2) is 0 Å². The predicted molar refractivity (Wildman–Crippen MR) is 255 cm³/mol. The maximum absolute atomic E-state index is 2.50. The van der Waals surface area contributed by atoms with E-state index in [4.69, 9.17) is 0 Å². The lowest BCUT2D eigenvalue weighted by molar-refractivity contribution is 0.645. The van der Waals surface area contributed by atoms with Crippen molar-refractivity contribution in [2.45, 2.75) is 24.7 Å². The van der Waals surface area contributed by atoms with E-state index in [-0.39, 0.29) is 5.41 Å². The number of rotatable bonds is 4. The lowest BCUT2D eigenvalue weighted by Gasteiger charge is -2.37. The molecule has 0 heterocycles. The van der Waals surface area contributed by atoms with Gasteiger partial charge in [0.05, 0.1) is 5.41 Å². The average molecular weight is 776 g/mol. The lowest BCUT2D eigenvalue weighted by atomic mass is 9.67. The summed E-state index contributed by atoms with van der Waals surface area (Å²) in [6, 6.07) is 79.8. The number of hydrogen-bond donors (Lipinski definition) is 0. The van der Waals surface area contributed by atoms with Gasteiger partial charge in [-0.15, -0.1) is 0 Å². The van der Waals surface area contributed by atoms with Crippen LogP contribution in [0.2, 0.25) is 0 Å². The Morgan fingerprint density at radius 3 is 1.57 bits per heavy atom. The summed E-state index contributed by atoms with van der Waals surface area (Å²) in [5, 5.41) is 5.14. The molecule has 0 aromatic heterocycles. The van der Waals surface area contributed by atoms with E-state index in [1.54, 1.807) is 0 Å². The molecule has 3 aliphatic rings. The molecule has 0 atom stereocenters. The van der Waals surface area contributed by atoms with Crippen molar-refractivity contribution in [3.05, 3.63) is 246 Å². The SMILES string of the molecule is CC1(C)c2ccc(N(c3ccccc3)c3ccc4c(c3)C3(c5ccccc5-c5ccccc53)c3ccccc3-4)cc2-c2c(-c3ccc4ccccc4c3)ccc3cccc1c23. The van der Waals surface area contributed by atoms with Crippen LogP contribution in [-0.4, -0.2) is 0 Å². The quantitative estimate of drug-likeness (QED) is 0.172. The Labute approximate surface area is 356 Å². The van der Waals surface area contributed by atoms with Crippen LogP contribution in [0.25, 0.3) is 66.1 Å². The molecule has 13 rings (SSSR count). The third-order valence-electron chi connectivity index (χ3n) is 14.2. The maximum Gasteiger partial charge on any atom is 0.0726 e. The van der Waals surface area contributed by atoms with Gasteiger partial charge in [-0.2, -0.15) is 0 Å². The van der Waals surface area contributed by atoms with E-state index in [0.717, 1.165) is 17.1 Å². The molecule has 10 aromatic rings. The molecule has 3 aliphatic carbocycles. The smallest absolute Gasteiger partial charge is 0.0726 e. The Balaban J connectivity index is 1.07. The van der Waals surface area contributed by atoms with Crippen molar-refractivity contribution in [2.24, 2.45) is 0 Å². The van der Waals surface area contributed by atoms with E-state index in [9.17, 15) is 0 Å². The highest BCUT2D eigenvalue weighted by atomic mass is 15.1. The van der Waals surface area contributed by atoms with Gasteiger partial charge in [0.15, 0.2) is 0 Å². The Kier molecular flexibility index (Phi) is 7.06. The topological polar surface area (TPSA) is 3.24 Å². The van der Waals surface area contributed by atoms with Crippen LogP contribution >= 0.6 is 0 Å². The first-order valence-electron chi connectivity index (χ1n) is 21.5. The number of anilines is 3. The summed E-state index contributed by atoms with van der Waals surface area (Å²) in [4.78, 5) is 2.48. The van der Waals surface area contributed by atoms with Crippen LogP contribution in [0.5, 0.6) is 0 Å². The molecule has 10 aromatic carbocycles. The standard InChI is InChI=1S/C60H41N/c1-59(2)51-34-31-43(36-50(51)58-45(32-29-39-17-14-26-55(59)57(39)58)41-28-27-38-15-6-7-16-40(38)35-41)61(42-18-4-3-5-19-42)44-30-33-49-48-22-10-13-25-54(48)60(56(49)37-44)52-23-11-8-20-46(52)47-21-9-12-24-53(47)60/h3-37H,1-2H3. The second-order valence-corrected chi connectivity index (χ2v) is 17.6. The first-order valence-corrected chi connectivity index (χ1v) is 21.5. The summed E-state index contributed by atoms with van der Waals surface area (Å²) < 4.78 is 0. The third kappa shape index (κ3) is 4.61. The van der Waals surface area contributed by atoms with Gasteiger partial charge >= 0.3 is 0 Å². The molecular formula is C60H41N. The molecule has 0 radical (unpaired) electrons. The summed E-state index contributed by atoms with van der Waals surface area (Å²) in [7, 11) is 0. The van der Waals surface area contributed by atoms with Crippen molar-refractivity contribution in [2.75, 3.05) is 4.90 Å². The van der Waals surface area contributed by atoms with Gasteiger partial charge in [-0.1, -0.05) is 184 Å². The van der Waals surface area contributed by atoms with Crippen molar-refractivity contribution >= 4 is 38.6 Å². The number of para-hydroxylation sites is 1. The first kappa shape index (κ1) is 34.4. The second-order valence-electron chi connectivity index (χ2n) is 17.6. The average Bonchev–Trinajstić information content (AvgIpc) is 3.78. The van der Waals surface area contributed by atoms with Crippen molar-refractivity contribution < 1.29 is 0 Å². The highest BCUT2D eigenvalue weighted by Gasteiger charge is 2.51. The number of benzene rings is 10. The lowest BCUT2D eigenvalue weighted by Crippen LogP contribution is -2.26. The Morgan fingerprint density at radius 1 is 0.311 bits per heavy atom. The molecule has 0 aliphatic heterocycles. The van der Waals surface area contributed by atoms with Crippen molar-refractivity contribution in [3.8, 4) is 44.5 Å². The summed E-state index contributed by atoms with van der Waals surface area (Å²) in [5.74, 6) is 0. The minimum absolute atomic E-state index is 0.199. The Hall–Kier alpha value is -7.48. The van der Waals surface area contributed by atoms with Crippen LogP contribution in [0.3, 0.4) is 0 Å². The molecular weight excluding hydrogens is 735 g/mol. The van der Waals surface area contributed by atoms with E-state index in [0.29, 0.717) is 0 Å². The van der Waals surface area contributed by atoms with Gasteiger partial charge in [-0.3, -0.25) is 0 Å². The summed E-state index contributed by atoms with van der Waals surface area (Å²) in [6.07, 6.45) is 0. The molecule has 1 spiro atoms. The number of fused-ring (bicyclic) bond motifs is 13. The van der Waals surface area contributed by atoms with Crippen LogP contribution in [0.1, 0.15) is 47.2 Å². The molecule has 0 N–H and O–H groups in total. The van der Waals surface area contributed by atoms with Gasteiger partial charge in [-0.05, 0) is 142 Å². The molecule has 0 fully saturated rings. The van der Waals surface area contributed by atoms with Crippen molar-refractivity contribution in [3.63, 3.8) is 0 Å². The Morgan fingerprint density at radius 2 is 0.852 bits per heavy atom. The largest absolute Gasteiger partial charge is 0.310 e. The number of hydrogen-bond acceptors (Lipinski definition) is 1. The monoisotopic (exact) mass is 775 g/mol. The van der Waals surface area contributed by atoms with Gasteiger partial charge in [0.25, 0.3) is 0 Å². The van der Waals surface area contributed by atoms with E-state index in [2.05, 4.69) is 231 Å². The van der Waals surface area contributed by atoms with Crippen LogP contribution in [0.4, 0.5) is 17.1 Å². The van der Waals surface area contributed by atoms with Crippen LogP contribution in [0.15, 0.2) is 212 Å². The second kappa shape index (κ2) is 12.5. The third-order valence-corrected chi connectivity index (χ3v) is 14.2.